The number of nitrogens with two attached hydrogens (primary N) is 1. The molecule has 8 aromatic rings. The number of para-hydroxylation sites is 1. The Hall–Kier alpha value is -13.3. The van der Waals surface area contributed by atoms with Crippen LogP contribution >= 0.6 is 0 Å². The number of nitrogens with one attached hydrogen (secondary N) is 11. The molecule has 0 bridgehead atoms. The van der Waals surface area contributed by atoms with Crippen LogP contribution in [-0.2, 0) is 98.6 Å². The van der Waals surface area contributed by atoms with Crippen molar-refractivity contribution in [3.8, 4) is 11.5 Å². The highest BCUT2D eigenvalue weighted by atomic mass is 32.2. The fraction of sp³-hybridized carbons (Fsp3) is 0.467. The van der Waals surface area contributed by atoms with Gasteiger partial charge >= 0.3 is 18.1 Å². The molecular weight excluding hydrogens is 1810 g/mol. The molecule has 0 unspecified atom stereocenters. The lowest BCUT2D eigenvalue weighted by atomic mass is 9.77. The minimum absolute atomic E-state index is 0.0118. The van der Waals surface area contributed by atoms with Crippen LogP contribution in [0.2, 0.25) is 0 Å². The maximum atomic E-state index is 16.0. The molecule has 10 amide bonds. The van der Waals surface area contributed by atoms with Crippen molar-refractivity contribution in [2.24, 2.45) is 11.7 Å². The average Bonchev–Trinajstić information content (AvgIpc) is 1.65. The third kappa shape index (κ3) is 29.0. The molecule has 0 saturated carbocycles. The van der Waals surface area contributed by atoms with E-state index in [1.165, 1.54) is 29.6 Å². The van der Waals surface area contributed by atoms with Crippen LogP contribution in [-0.4, -0.2) is 207 Å². The second-order valence-corrected chi connectivity index (χ2v) is 42.9. The molecule has 140 heavy (non-hydrogen) atoms. The van der Waals surface area contributed by atoms with Gasteiger partial charge in [0.25, 0.3) is 15.9 Å². The third-order valence-electron chi connectivity index (χ3n) is 23.8. The molecule has 0 radical (unpaired) electrons. The van der Waals surface area contributed by atoms with E-state index in [4.69, 9.17) is 34.8 Å². The van der Waals surface area contributed by atoms with E-state index in [1.54, 1.807) is 155 Å². The number of aromatic nitrogens is 1. The lowest BCUT2D eigenvalue weighted by Gasteiger charge is -2.37. The lowest BCUT2D eigenvalue weighted by Crippen LogP contribution is -2.63. The van der Waals surface area contributed by atoms with Crippen molar-refractivity contribution >= 4 is 92.2 Å². The van der Waals surface area contributed by atoms with Crippen LogP contribution in [0, 0.1) is 32.1 Å². The van der Waals surface area contributed by atoms with Gasteiger partial charge in [0.2, 0.25) is 47.3 Å². The number of amides is 10. The molecule has 35 heteroatoms. The SMILES string of the molecule is Cc1c(C)c(S(=O)(=O)N(C)C(=N)NCCC[C@H](NC(=O)[C@H](CC(C)C)NC(=O)NNC(=O)[C@H](Cc2ccccc2)NC(=O)[C@@H](NC(=O)[C@H](CC(=O)NC(c2ccccc2)(c2ccccc2)c2ccccc2)NC(=O)[C@@H]2C[C@@H](OC(C)(C)C)CN2C(=O)[C@@H](N)Cc2ccc(OC(C)(C)C)cc2)[C@@H](C)OC(C)(C)C)C(=O)N[C@@H](Cc2cn(C(=O)OC(C)(C)C)c3ccccc23)C(=O)O)c(C)c2c1OC(C)(C)C2. The first-order valence-corrected chi connectivity index (χ1v) is 48.7. The van der Waals surface area contributed by atoms with E-state index >= 15 is 28.8 Å². The molecule has 10 atom stereocenters. The number of urea groups is 1. The molecule has 1 aromatic heterocycles. The average molecular weight is 1950 g/mol. The van der Waals surface area contributed by atoms with Crippen LogP contribution in [0.5, 0.6) is 11.5 Å². The van der Waals surface area contributed by atoms with Crippen molar-refractivity contribution in [2.75, 3.05) is 20.1 Å². The van der Waals surface area contributed by atoms with Gasteiger partial charge < -0.3 is 82.0 Å². The molecule has 2 aliphatic rings. The van der Waals surface area contributed by atoms with Crippen molar-refractivity contribution in [1.29, 1.82) is 5.41 Å². The number of carbonyl (C=O) groups excluding carboxylic acids is 10. The molecule has 3 heterocycles. The number of benzene rings is 7. The van der Waals surface area contributed by atoms with E-state index in [9.17, 15) is 37.5 Å². The van der Waals surface area contributed by atoms with Gasteiger partial charge in [0, 0.05) is 63.0 Å². The fourth-order valence-electron chi connectivity index (χ4n) is 17.5. The lowest BCUT2D eigenvalue weighted by molar-refractivity contribution is -0.143. The highest BCUT2D eigenvalue weighted by Gasteiger charge is 2.47. The number of carboxylic acid groups (broad SMARTS) is 1. The molecule has 1 fully saturated rings. The highest BCUT2D eigenvalue weighted by molar-refractivity contribution is 7.89. The monoisotopic (exact) mass is 1950 g/mol. The van der Waals surface area contributed by atoms with Gasteiger partial charge in [0.1, 0.15) is 76.1 Å². The fourth-order valence-corrected chi connectivity index (χ4v) is 19.1. The first kappa shape index (κ1) is 109. The number of aliphatic carboxylic acids is 1. The first-order valence-electron chi connectivity index (χ1n) is 47.3. The Bertz CT molecular complexity index is 5800. The molecule has 0 spiro atoms. The largest absolute Gasteiger partial charge is 0.488 e. The summed E-state index contributed by atoms with van der Waals surface area (Å²) in [5, 5.41) is 42.7. The number of fused-ring (bicyclic) bond motifs is 2. The normalized spacial score (nSPS) is 16.1. The van der Waals surface area contributed by atoms with Crippen molar-refractivity contribution in [3.05, 3.63) is 232 Å². The predicted molar refractivity (Wildman–Crippen MR) is 532 cm³/mol. The Labute approximate surface area is 820 Å². The Balaban J connectivity index is 0.919. The van der Waals surface area contributed by atoms with Gasteiger partial charge in [0.15, 0.2) is 0 Å². The Kier molecular flexibility index (Phi) is 35.6. The number of hydrazine groups is 1. The quantitative estimate of drug-likeness (QED) is 0.00562. The van der Waals surface area contributed by atoms with Crippen molar-refractivity contribution < 1.29 is 89.9 Å². The van der Waals surface area contributed by atoms with Crippen LogP contribution in [0.1, 0.15) is 205 Å². The molecular formula is C105H139N15O19S. The summed E-state index contributed by atoms with van der Waals surface area (Å²) in [5.74, 6) is -8.59. The molecule has 10 rings (SSSR count). The minimum atomic E-state index is -4.40. The van der Waals surface area contributed by atoms with Gasteiger partial charge in [-0.2, -0.15) is 0 Å². The third-order valence-corrected chi connectivity index (χ3v) is 25.9. The number of sulfonamides is 1. The van der Waals surface area contributed by atoms with Crippen molar-refractivity contribution in [1.82, 2.24) is 67.2 Å². The zero-order valence-electron chi connectivity index (χ0n) is 84.0. The standard InChI is InChI=1S/C105H139N15O19S/c1-62(2)53-79(90(123)109-78(89(122)112-82(96(129)130)56-69-60-120(99(132)139-103(16,17)18)83-47-35-34-45-75(69)83)46-36-52-108-97(107)118(21)140(133,134)88-64(4)63(3)87-76(65(88)5)59-104(19,20)138-87)113-98(131)117-116-92(125)80(55-67-37-26-22-27-38-67)111-94(127)86(66(6)135-100(7,8)9)114-91(124)81(58-85(121)115-105(70-39-28-23-29-40-70,71-41-30-24-31-42-71)72-43-32-25-33-44-72)110-93(126)84-57-74(137-102(13,14)15)61-119(84)95(128)77(106)54-68-48-50-73(51-49-68)136-101(10,11)12/h22-35,37-45,47-51,60,62,66,74,77-82,84,86H,36,46,52-59,61,106H2,1-21H3,(H2,107,108)(H,109,123)(H,110,126)(H,111,127)(H,112,122)(H,114,124)(H,115,121)(H,116,125)(H,129,130)(H2,113,117,131)/t66-,74-,77+,78+,79+,80+,81+,82+,84+,86+/m1/s1. The second kappa shape index (κ2) is 45.8. The number of carbonyl (C=O) groups is 11. The van der Waals surface area contributed by atoms with Gasteiger partial charge in [-0.1, -0.05) is 166 Å². The zero-order valence-corrected chi connectivity index (χ0v) is 84.8. The van der Waals surface area contributed by atoms with Crippen molar-refractivity contribution in [3.63, 3.8) is 0 Å². The molecule has 1 saturated heterocycles. The maximum absolute atomic E-state index is 16.0. The molecule has 14 N–H and O–H groups in total. The number of likely N-dealkylation sites (tertiary alicyclic amines) is 1. The number of hydrogen-bond donors (Lipinski definition) is 13. The second-order valence-electron chi connectivity index (χ2n) is 41.0. The number of guanidine groups is 1. The maximum Gasteiger partial charge on any atom is 0.419 e. The van der Waals surface area contributed by atoms with E-state index < -0.39 is 182 Å². The number of carboxylic acids is 1. The topological polar surface area (TPSA) is 470 Å². The van der Waals surface area contributed by atoms with E-state index in [2.05, 4.69) is 53.4 Å². The zero-order chi connectivity index (χ0) is 103. The van der Waals surface area contributed by atoms with Crippen LogP contribution in [0.15, 0.2) is 181 Å². The molecule has 7 aromatic carbocycles. The summed E-state index contributed by atoms with van der Waals surface area (Å²) in [5.41, 5.74) is 12.2. The number of nitrogens with zero attached hydrogens (tertiary/aromatic N) is 3. The first-order chi connectivity index (χ1) is 65.5. The predicted octanol–water partition coefficient (Wildman–Crippen LogP) is 11.0. The molecule has 34 nitrogen and oxygen atoms in total. The molecule has 754 valence electrons. The van der Waals surface area contributed by atoms with E-state index in [0.29, 0.717) is 78.9 Å². The summed E-state index contributed by atoms with van der Waals surface area (Å²) in [7, 11) is -3.18. The number of hydrogen-bond acceptors (Lipinski definition) is 20. The number of ether oxygens (including phenoxy) is 5. The summed E-state index contributed by atoms with van der Waals surface area (Å²) in [4.78, 5) is 166. The Morgan fingerprint density at radius 2 is 1.14 bits per heavy atom. The van der Waals surface area contributed by atoms with Crippen LogP contribution in [0.4, 0.5) is 9.59 Å². The van der Waals surface area contributed by atoms with Gasteiger partial charge in [-0.25, -0.2) is 32.5 Å². The Morgan fingerprint density at radius 1 is 0.593 bits per heavy atom. The van der Waals surface area contributed by atoms with Gasteiger partial charge in [0.05, 0.1) is 46.3 Å². The summed E-state index contributed by atoms with van der Waals surface area (Å²) < 4.78 is 62.1. The van der Waals surface area contributed by atoms with Gasteiger partial charge in [-0.3, -0.25) is 53.8 Å². The highest BCUT2D eigenvalue weighted by Crippen LogP contribution is 2.45. The van der Waals surface area contributed by atoms with E-state index in [1.807, 2.05) is 146 Å². The molecule has 0 aliphatic carbocycles. The van der Waals surface area contributed by atoms with Crippen LogP contribution in [0.25, 0.3) is 10.9 Å². The Morgan fingerprint density at radius 3 is 1.69 bits per heavy atom. The van der Waals surface area contributed by atoms with Crippen LogP contribution in [0.3, 0.4) is 0 Å². The van der Waals surface area contributed by atoms with Gasteiger partial charge in [-0.05, 0) is 224 Å². The summed E-state index contributed by atoms with van der Waals surface area (Å²) in [6.07, 6.45) is -2.87. The summed E-state index contributed by atoms with van der Waals surface area (Å²) in [6.45, 7) is 35.1. The minimum Gasteiger partial charge on any atom is -0.488 e. The van der Waals surface area contributed by atoms with Crippen molar-refractivity contribution in [2.45, 2.75) is 295 Å². The number of rotatable bonds is 38. The van der Waals surface area contributed by atoms with E-state index in [-0.39, 0.29) is 68.8 Å². The van der Waals surface area contributed by atoms with E-state index in [0.717, 1.165) is 9.87 Å². The van der Waals surface area contributed by atoms with Gasteiger partial charge in [-0.15, -0.1) is 0 Å². The summed E-state index contributed by atoms with van der Waals surface area (Å²) >= 11 is 0. The smallest absolute Gasteiger partial charge is 0.419 e. The molecule has 2 aliphatic heterocycles. The van der Waals surface area contributed by atoms with Crippen LogP contribution < -0.4 is 68.6 Å². The summed E-state index contributed by atoms with van der Waals surface area (Å²) in [6, 6.07) is 35.9.